The number of allylic oxidation sites excluding steroid dienone is 9. The van der Waals surface area contributed by atoms with Crippen LogP contribution in [0, 0.1) is 0 Å². The maximum absolute atomic E-state index is 13.1. The fraction of sp³-hybridized carbons (Fsp3) is 0.855. The Morgan fingerprint density at radius 1 is 0.394 bits per heavy atom. The number of aliphatic hydroxyl groups is 5. The molecule has 7 atom stereocenters. The second kappa shape index (κ2) is 71.6. The van der Waals surface area contributed by atoms with Gasteiger partial charge in [0.1, 0.15) is 24.4 Å². The second-order valence-electron chi connectivity index (χ2n) is 28.1. The third kappa shape index (κ3) is 59.4. The molecule has 0 aliphatic carbocycles. The van der Waals surface area contributed by atoms with Crippen LogP contribution in [-0.2, 0) is 23.8 Å². The standard InChI is InChI=1S/C83H153NO10/c1-3-5-7-9-11-13-15-17-43-46-49-53-57-61-65-69-76(86)75(74-93-83-82(91)81(90)80(89)77(73-85)94-83)84-78(87)70-66-62-58-54-50-47-44-41-39-37-35-33-31-29-27-25-23-21-19-18-20-22-24-26-28-30-32-34-36-38-40-42-45-48-52-56-60-64-68-72-92-79(88)71-67-63-59-55-51-16-14-12-10-8-6-4-2/h15,17-19,22,24,49,53,65,69,75-77,80-83,85-86,89-91H,3-14,16,20-21,23,25-48,50-52,54-64,66-68,70-74H2,1-2H3,(H,84,87)/b17-15+,19-18-,24-22-,53-49+,69-65+. The third-order valence-electron chi connectivity index (χ3n) is 19.1. The van der Waals surface area contributed by atoms with Gasteiger partial charge in [-0.05, 0) is 89.9 Å². The molecular weight excluding hydrogens is 1170 g/mol. The summed E-state index contributed by atoms with van der Waals surface area (Å²) in [5.74, 6) is -0.176. The first-order valence-corrected chi connectivity index (χ1v) is 40.6. The molecule has 1 aliphatic rings. The molecule has 0 aromatic rings. The predicted molar refractivity (Wildman–Crippen MR) is 398 cm³/mol. The summed E-state index contributed by atoms with van der Waals surface area (Å²) in [5, 5.41) is 54.6. The lowest BCUT2D eigenvalue weighted by molar-refractivity contribution is -0.302. The van der Waals surface area contributed by atoms with Gasteiger partial charge in [-0.2, -0.15) is 0 Å². The van der Waals surface area contributed by atoms with Gasteiger partial charge in [-0.25, -0.2) is 0 Å². The minimum Gasteiger partial charge on any atom is -0.466 e. The van der Waals surface area contributed by atoms with E-state index in [-0.39, 0.29) is 18.5 Å². The summed E-state index contributed by atoms with van der Waals surface area (Å²) in [6, 6.07) is -0.834. The van der Waals surface area contributed by atoms with E-state index in [0.717, 1.165) is 70.6 Å². The Kier molecular flexibility index (Phi) is 68.1. The zero-order chi connectivity index (χ0) is 67.9. The van der Waals surface area contributed by atoms with Gasteiger partial charge < -0.3 is 45.1 Å². The van der Waals surface area contributed by atoms with Gasteiger partial charge >= 0.3 is 5.97 Å². The lowest BCUT2D eigenvalue weighted by Gasteiger charge is -2.40. The van der Waals surface area contributed by atoms with Crippen molar-refractivity contribution in [3.8, 4) is 0 Å². The van der Waals surface area contributed by atoms with Crippen LogP contribution in [0.5, 0.6) is 0 Å². The first-order chi connectivity index (χ1) is 46.2. The van der Waals surface area contributed by atoms with E-state index < -0.39 is 49.5 Å². The quantitative estimate of drug-likeness (QED) is 0.0195. The molecule has 11 nitrogen and oxygen atoms in total. The Balaban J connectivity index is 1.93. The molecule has 0 bridgehead atoms. The van der Waals surface area contributed by atoms with Crippen molar-refractivity contribution >= 4 is 11.9 Å². The van der Waals surface area contributed by atoms with Crippen LogP contribution in [0.2, 0.25) is 0 Å². The van der Waals surface area contributed by atoms with Crippen LogP contribution in [0.25, 0.3) is 0 Å². The molecule has 11 heteroatoms. The Hall–Kier alpha value is -2.64. The van der Waals surface area contributed by atoms with Gasteiger partial charge in [-0.15, -0.1) is 0 Å². The highest BCUT2D eigenvalue weighted by Crippen LogP contribution is 2.24. The largest absolute Gasteiger partial charge is 0.466 e. The maximum Gasteiger partial charge on any atom is 0.305 e. The van der Waals surface area contributed by atoms with Gasteiger partial charge in [0, 0.05) is 12.8 Å². The molecule has 1 amide bonds. The number of unbranched alkanes of at least 4 members (excludes halogenated alkanes) is 50. The molecule has 0 aromatic carbocycles. The summed E-state index contributed by atoms with van der Waals surface area (Å²) in [6.07, 6.45) is 86.8. The van der Waals surface area contributed by atoms with Crippen molar-refractivity contribution in [2.24, 2.45) is 0 Å². The van der Waals surface area contributed by atoms with E-state index in [1.807, 2.05) is 6.08 Å². The normalized spacial score (nSPS) is 17.7. The van der Waals surface area contributed by atoms with Crippen LogP contribution in [0.1, 0.15) is 393 Å². The molecule has 1 fully saturated rings. The van der Waals surface area contributed by atoms with Crippen LogP contribution in [0.15, 0.2) is 60.8 Å². The molecule has 1 saturated heterocycles. The van der Waals surface area contributed by atoms with E-state index in [9.17, 15) is 35.1 Å². The number of hydrogen-bond donors (Lipinski definition) is 6. The first-order valence-electron chi connectivity index (χ1n) is 40.6. The van der Waals surface area contributed by atoms with Gasteiger partial charge in [-0.1, -0.05) is 351 Å². The van der Waals surface area contributed by atoms with Crippen LogP contribution < -0.4 is 5.32 Å². The van der Waals surface area contributed by atoms with Crippen LogP contribution >= 0.6 is 0 Å². The number of ether oxygens (including phenoxy) is 3. The van der Waals surface area contributed by atoms with E-state index in [1.165, 1.54) is 295 Å². The number of esters is 1. The third-order valence-corrected chi connectivity index (χ3v) is 19.1. The molecule has 7 unspecified atom stereocenters. The van der Waals surface area contributed by atoms with Crippen molar-refractivity contribution in [1.82, 2.24) is 5.32 Å². The fourth-order valence-corrected chi connectivity index (χ4v) is 12.7. The Morgan fingerprint density at radius 3 is 1.12 bits per heavy atom. The van der Waals surface area contributed by atoms with E-state index in [0.29, 0.717) is 19.4 Å². The molecule has 1 aliphatic heterocycles. The monoisotopic (exact) mass is 1320 g/mol. The van der Waals surface area contributed by atoms with Gasteiger partial charge in [-0.3, -0.25) is 9.59 Å². The van der Waals surface area contributed by atoms with Crippen molar-refractivity contribution in [3.05, 3.63) is 60.8 Å². The zero-order valence-electron chi connectivity index (χ0n) is 61.4. The Labute approximate surface area is 579 Å². The Bertz CT molecular complexity index is 1750. The summed E-state index contributed by atoms with van der Waals surface area (Å²) in [4.78, 5) is 25.1. The summed E-state index contributed by atoms with van der Waals surface area (Å²) in [7, 11) is 0. The first kappa shape index (κ1) is 89.4. The number of hydrogen-bond acceptors (Lipinski definition) is 10. The summed E-state index contributed by atoms with van der Waals surface area (Å²) < 4.78 is 16.8. The van der Waals surface area contributed by atoms with Gasteiger partial charge in [0.15, 0.2) is 6.29 Å². The Morgan fingerprint density at radius 2 is 0.723 bits per heavy atom. The van der Waals surface area contributed by atoms with Crippen LogP contribution in [0.4, 0.5) is 0 Å². The lowest BCUT2D eigenvalue weighted by Crippen LogP contribution is -2.60. The number of aliphatic hydroxyl groups excluding tert-OH is 5. The highest BCUT2D eigenvalue weighted by molar-refractivity contribution is 5.76. The average molecular weight is 1330 g/mol. The minimum atomic E-state index is -1.58. The molecule has 94 heavy (non-hydrogen) atoms. The van der Waals surface area contributed by atoms with Gasteiger partial charge in [0.25, 0.3) is 0 Å². The fourth-order valence-electron chi connectivity index (χ4n) is 12.7. The van der Waals surface area contributed by atoms with Crippen LogP contribution in [0.3, 0.4) is 0 Å². The highest BCUT2D eigenvalue weighted by Gasteiger charge is 2.44. The number of carbonyl (C=O) groups excluding carboxylic acids is 2. The highest BCUT2D eigenvalue weighted by atomic mass is 16.7. The number of rotatable bonds is 72. The molecule has 0 radical (unpaired) electrons. The van der Waals surface area contributed by atoms with E-state index in [2.05, 4.69) is 67.8 Å². The van der Waals surface area contributed by atoms with Crippen molar-refractivity contribution in [1.29, 1.82) is 0 Å². The topological polar surface area (TPSA) is 175 Å². The molecule has 1 heterocycles. The van der Waals surface area contributed by atoms with Gasteiger partial charge in [0.05, 0.1) is 32.0 Å². The van der Waals surface area contributed by atoms with Crippen molar-refractivity contribution in [2.75, 3.05) is 19.8 Å². The predicted octanol–water partition coefficient (Wildman–Crippen LogP) is 22.0. The molecule has 550 valence electrons. The number of carbonyl (C=O) groups is 2. The molecule has 6 N–H and O–H groups in total. The van der Waals surface area contributed by atoms with Crippen molar-refractivity contribution in [2.45, 2.75) is 436 Å². The summed E-state index contributed by atoms with van der Waals surface area (Å²) >= 11 is 0. The molecule has 1 rings (SSSR count). The minimum absolute atomic E-state index is 0.0153. The SMILES string of the molecule is CCCCCCC/C=C/CC/C=C/CC/C=C/C(O)C(COC1OC(CO)C(O)C(O)C1O)NC(=O)CCCCCCCCCCCCCCCCCCC/C=C\C/C=C\CCCCCCCCCCCCCCCCCOC(=O)CCCCCCCCCCCCCC. The van der Waals surface area contributed by atoms with E-state index in [4.69, 9.17) is 14.2 Å². The summed E-state index contributed by atoms with van der Waals surface area (Å²) in [6.45, 7) is 4.35. The van der Waals surface area contributed by atoms with E-state index >= 15 is 0 Å². The lowest BCUT2D eigenvalue weighted by atomic mass is 9.99. The molecule has 0 aromatic heterocycles. The van der Waals surface area contributed by atoms with Crippen LogP contribution in [-0.4, -0.2) is 100 Å². The molecular formula is C83H153NO10. The van der Waals surface area contributed by atoms with Crippen molar-refractivity contribution < 1.29 is 49.3 Å². The number of amides is 1. The average Bonchev–Trinajstić information content (AvgIpc) is 0.831. The molecule has 0 spiro atoms. The van der Waals surface area contributed by atoms with Crippen molar-refractivity contribution in [3.63, 3.8) is 0 Å². The maximum atomic E-state index is 13.1. The zero-order valence-corrected chi connectivity index (χ0v) is 61.4. The second-order valence-corrected chi connectivity index (χ2v) is 28.1. The number of nitrogens with one attached hydrogen (secondary N) is 1. The van der Waals surface area contributed by atoms with Gasteiger partial charge in [0.2, 0.25) is 5.91 Å². The van der Waals surface area contributed by atoms with E-state index in [1.54, 1.807) is 6.08 Å². The molecule has 0 saturated carbocycles. The summed E-state index contributed by atoms with van der Waals surface area (Å²) in [5.41, 5.74) is 0. The smallest absolute Gasteiger partial charge is 0.305 e.